The Morgan fingerprint density at radius 3 is 2.80 bits per heavy atom. The van der Waals surface area contributed by atoms with E-state index in [9.17, 15) is 12.8 Å². The molecule has 1 saturated heterocycles. The van der Waals surface area contributed by atoms with Crippen LogP contribution in [0.4, 0.5) is 10.1 Å². The van der Waals surface area contributed by atoms with Crippen LogP contribution >= 0.6 is 0 Å². The maximum Gasteiger partial charge on any atom is 0.241 e. The second-order valence-corrected chi connectivity index (χ2v) is 6.99. The quantitative estimate of drug-likeness (QED) is 0.816. The van der Waals surface area contributed by atoms with Crippen LogP contribution in [0.2, 0.25) is 0 Å². The summed E-state index contributed by atoms with van der Waals surface area (Å²) in [5.74, 6) is -0.608. The van der Waals surface area contributed by atoms with E-state index in [0.29, 0.717) is 6.54 Å². The first kappa shape index (κ1) is 15.2. The Morgan fingerprint density at radius 2 is 2.20 bits per heavy atom. The summed E-state index contributed by atoms with van der Waals surface area (Å²) in [5, 5.41) is 0. The van der Waals surface area contributed by atoms with Gasteiger partial charge in [-0.25, -0.2) is 17.5 Å². The van der Waals surface area contributed by atoms with E-state index < -0.39 is 15.8 Å². The van der Waals surface area contributed by atoms with Crippen molar-refractivity contribution in [2.75, 3.05) is 25.9 Å². The number of nitrogen functional groups attached to an aromatic ring is 1. The normalized spacial score (nSPS) is 20.4. The van der Waals surface area contributed by atoms with Crippen molar-refractivity contribution in [3.63, 3.8) is 0 Å². The van der Waals surface area contributed by atoms with Gasteiger partial charge in [0.1, 0.15) is 5.82 Å². The van der Waals surface area contributed by atoms with Gasteiger partial charge in [0.15, 0.2) is 0 Å². The van der Waals surface area contributed by atoms with E-state index in [1.165, 1.54) is 13.0 Å². The van der Waals surface area contributed by atoms with Crippen molar-refractivity contribution >= 4 is 15.7 Å². The minimum atomic E-state index is -3.74. The largest absolute Gasteiger partial charge is 0.399 e. The molecule has 1 unspecified atom stereocenters. The lowest BCUT2D eigenvalue weighted by Crippen LogP contribution is -2.38. The van der Waals surface area contributed by atoms with Crippen LogP contribution < -0.4 is 10.5 Å². The van der Waals surface area contributed by atoms with Crippen molar-refractivity contribution in [3.8, 4) is 0 Å². The number of rotatable bonds is 4. The van der Waals surface area contributed by atoms with Crippen molar-refractivity contribution < 1.29 is 12.8 Å². The van der Waals surface area contributed by atoms with E-state index in [1.807, 2.05) is 7.05 Å². The molecule has 0 aliphatic carbocycles. The molecule has 112 valence electrons. The molecular formula is C13H20FN3O2S. The fourth-order valence-corrected chi connectivity index (χ4v) is 3.83. The zero-order chi connectivity index (χ0) is 14.9. The van der Waals surface area contributed by atoms with Gasteiger partial charge < -0.3 is 10.6 Å². The summed E-state index contributed by atoms with van der Waals surface area (Å²) < 4.78 is 40.7. The molecule has 0 radical (unpaired) electrons. The number of nitrogens with zero attached hydrogens (tertiary/aromatic N) is 1. The molecule has 5 nitrogen and oxygen atoms in total. The highest BCUT2D eigenvalue weighted by atomic mass is 32.2. The third kappa shape index (κ3) is 3.11. The third-order valence-corrected chi connectivity index (χ3v) is 5.34. The Balaban J connectivity index is 2.18. The zero-order valence-electron chi connectivity index (χ0n) is 11.7. The van der Waals surface area contributed by atoms with Gasteiger partial charge in [0, 0.05) is 23.8 Å². The average molecular weight is 301 g/mol. The molecule has 3 N–H and O–H groups in total. The topological polar surface area (TPSA) is 75.4 Å². The van der Waals surface area contributed by atoms with Gasteiger partial charge >= 0.3 is 0 Å². The number of sulfonamides is 1. The molecular weight excluding hydrogens is 281 g/mol. The van der Waals surface area contributed by atoms with Crippen LogP contribution in [0.5, 0.6) is 0 Å². The lowest BCUT2D eigenvalue weighted by atomic mass is 10.2. The smallest absolute Gasteiger partial charge is 0.241 e. The van der Waals surface area contributed by atoms with Crippen molar-refractivity contribution in [2.24, 2.45) is 0 Å². The molecule has 2 rings (SSSR count). The van der Waals surface area contributed by atoms with Gasteiger partial charge in [0.2, 0.25) is 10.0 Å². The van der Waals surface area contributed by atoms with E-state index >= 15 is 0 Å². The van der Waals surface area contributed by atoms with Crippen molar-refractivity contribution in [2.45, 2.75) is 30.7 Å². The first-order chi connectivity index (χ1) is 9.31. The zero-order valence-corrected chi connectivity index (χ0v) is 12.5. The number of hydrogen-bond donors (Lipinski definition) is 2. The highest BCUT2D eigenvalue weighted by Crippen LogP contribution is 2.22. The van der Waals surface area contributed by atoms with Gasteiger partial charge in [-0.05, 0) is 45.5 Å². The number of likely N-dealkylation sites (tertiary alicyclic amines) is 1. The van der Waals surface area contributed by atoms with Gasteiger partial charge in [0.05, 0.1) is 4.90 Å². The molecule has 0 saturated carbocycles. The fraction of sp³-hybridized carbons (Fsp3) is 0.538. The summed E-state index contributed by atoms with van der Waals surface area (Å²) in [7, 11) is -1.77. The van der Waals surface area contributed by atoms with E-state index in [4.69, 9.17) is 5.73 Å². The Bertz CT molecular complexity index is 604. The highest BCUT2D eigenvalue weighted by Gasteiger charge is 2.25. The number of benzene rings is 1. The molecule has 20 heavy (non-hydrogen) atoms. The van der Waals surface area contributed by atoms with Crippen molar-refractivity contribution in [1.82, 2.24) is 9.62 Å². The van der Waals surface area contributed by atoms with Gasteiger partial charge in [0.25, 0.3) is 0 Å². The number of anilines is 1. The fourth-order valence-electron chi connectivity index (χ4n) is 2.47. The molecule has 1 aromatic carbocycles. The second-order valence-electron chi connectivity index (χ2n) is 5.25. The molecule has 1 aliphatic rings. The molecule has 1 heterocycles. The molecule has 0 amide bonds. The van der Waals surface area contributed by atoms with Crippen LogP contribution in [-0.4, -0.2) is 39.5 Å². The van der Waals surface area contributed by atoms with Gasteiger partial charge in [-0.3, -0.25) is 0 Å². The molecule has 1 fully saturated rings. The monoisotopic (exact) mass is 301 g/mol. The lowest BCUT2D eigenvalue weighted by Gasteiger charge is -2.20. The maximum atomic E-state index is 13.6. The van der Waals surface area contributed by atoms with Gasteiger partial charge in [-0.15, -0.1) is 0 Å². The molecule has 0 spiro atoms. The van der Waals surface area contributed by atoms with Crippen molar-refractivity contribution in [1.29, 1.82) is 0 Å². The van der Waals surface area contributed by atoms with Crippen LogP contribution in [0.1, 0.15) is 18.4 Å². The summed E-state index contributed by atoms with van der Waals surface area (Å²) >= 11 is 0. The van der Waals surface area contributed by atoms with Crippen LogP contribution in [0, 0.1) is 12.7 Å². The molecule has 7 heteroatoms. The summed E-state index contributed by atoms with van der Waals surface area (Å²) in [4.78, 5) is 2.03. The summed E-state index contributed by atoms with van der Waals surface area (Å²) in [6.07, 6.45) is 2.03. The Morgan fingerprint density at radius 1 is 1.50 bits per heavy atom. The number of nitrogens with two attached hydrogens (primary N) is 1. The Kier molecular flexibility index (Phi) is 4.31. The van der Waals surface area contributed by atoms with E-state index in [-0.39, 0.29) is 22.2 Å². The Hall–Kier alpha value is -1.18. The average Bonchev–Trinajstić information content (AvgIpc) is 2.77. The van der Waals surface area contributed by atoms with E-state index in [0.717, 1.165) is 25.5 Å². The minimum absolute atomic E-state index is 0.0874. The number of hydrogen-bond acceptors (Lipinski definition) is 4. The SMILES string of the molecule is Cc1c(F)cc(N)cc1S(=O)(=O)NCC1CCCN1C. The van der Waals surface area contributed by atoms with Gasteiger partial charge in [-0.1, -0.05) is 0 Å². The van der Waals surface area contributed by atoms with Crippen LogP contribution in [0.3, 0.4) is 0 Å². The molecule has 1 aliphatic heterocycles. The van der Waals surface area contributed by atoms with Crippen LogP contribution in [0.25, 0.3) is 0 Å². The lowest BCUT2D eigenvalue weighted by molar-refractivity contribution is 0.311. The summed E-state index contributed by atoms with van der Waals surface area (Å²) in [6, 6.07) is 2.61. The molecule has 1 atom stereocenters. The highest BCUT2D eigenvalue weighted by molar-refractivity contribution is 7.89. The predicted octanol–water partition coefficient (Wildman–Crippen LogP) is 1.09. The minimum Gasteiger partial charge on any atom is -0.399 e. The van der Waals surface area contributed by atoms with Crippen LogP contribution in [0.15, 0.2) is 17.0 Å². The first-order valence-corrected chi connectivity index (χ1v) is 8.05. The molecule has 1 aromatic rings. The second kappa shape index (κ2) is 5.67. The van der Waals surface area contributed by atoms with E-state index in [2.05, 4.69) is 9.62 Å². The van der Waals surface area contributed by atoms with E-state index in [1.54, 1.807) is 0 Å². The van der Waals surface area contributed by atoms with Crippen molar-refractivity contribution in [3.05, 3.63) is 23.5 Å². The van der Waals surface area contributed by atoms with Crippen LogP contribution in [-0.2, 0) is 10.0 Å². The summed E-state index contributed by atoms with van der Waals surface area (Å²) in [5.41, 5.74) is 5.72. The number of halogens is 1. The standard InChI is InChI=1S/C13H20FN3O2S/c1-9-12(14)6-10(15)7-13(9)20(18,19)16-8-11-4-3-5-17(11)2/h6-7,11,16H,3-5,8,15H2,1-2H3. The number of likely N-dealkylation sites (N-methyl/N-ethyl adjacent to an activating group) is 1. The maximum absolute atomic E-state index is 13.6. The number of nitrogens with one attached hydrogen (secondary N) is 1. The molecule has 0 aromatic heterocycles. The summed E-state index contributed by atoms with van der Waals surface area (Å²) in [6.45, 7) is 2.73. The molecule has 0 bridgehead atoms. The first-order valence-electron chi connectivity index (χ1n) is 6.57. The third-order valence-electron chi connectivity index (χ3n) is 3.79. The van der Waals surface area contributed by atoms with Gasteiger partial charge in [-0.2, -0.15) is 0 Å². The predicted molar refractivity (Wildman–Crippen MR) is 76.4 cm³/mol. The Labute approximate surface area is 119 Å².